The molecule has 1 spiro atoms. The van der Waals surface area contributed by atoms with E-state index in [9.17, 15) is 9.50 Å². The monoisotopic (exact) mass is 785 g/mol. The zero-order chi connectivity index (χ0) is 37.6. The number of hydrogen-bond acceptors (Lipinski definition) is 11. The Balaban J connectivity index is 0.00000124. The summed E-state index contributed by atoms with van der Waals surface area (Å²) in [7, 11) is 0. The number of thiophene rings is 1. The number of nitrogens with one attached hydrogen (secondary N) is 1. The largest absolute Gasteiger partial charge is 0.483 e. The van der Waals surface area contributed by atoms with E-state index in [1.807, 2.05) is 28.1 Å². The molecule has 4 aromatic heterocycles. The van der Waals surface area contributed by atoms with Crippen molar-refractivity contribution >= 4 is 66.4 Å². The van der Waals surface area contributed by atoms with Gasteiger partial charge in [-0.1, -0.05) is 11.6 Å². The second kappa shape index (κ2) is 12.9. The summed E-state index contributed by atoms with van der Waals surface area (Å²) >= 11 is 8.36. The van der Waals surface area contributed by atoms with Crippen molar-refractivity contribution in [1.29, 1.82) is 0 Å². The van der Waals surface area contributed by atoms with Crippen LogP contribution in [0.5, 0.6) is 6.01 Å². The zero-order valence-corrected chi connectivity index (χ0v) is 31.0. The maximum absolute atomic E-state index is 15.1. The van der Waals surface area contributed by atoms with Crippen LogP contribution in [0.25, 0.3) is 42.5 Å². The summed E-state index contributed by atoms with van der Waals surface area (Å²) in [5.41, 5.74) is 1.03. The standard InChI is InChI=1S/C36H37ClF3N7O3S.CH2O2/c1-33(48)13-47(6-7-49-17-33)30-27-21-4-5-41-28(26-22-11-42-45-24(22)8-23(37)25(26)19-2-3-19)29(21)51-31(27)44-32(43-30)50-18-35(12-36(35,39)40)16-46-14-34(15-46)9-20(38)10-34;2-1-3/h4-5,8,11,19-20,48H,2-3,6-7,9-10,12-18H2,1H3,(H,42,45);1H,(H,2,3)/t33-,35+;/m0./s1. The molecule has 3 N–H and O–H groups in total. The molecule has 5 aromatic rings. The predicted molar refractivity (Wildman–Crippen MR) is 198 cm³/mol. The van der Waals surface area contributed by atoms with Crippen LogP contribution in [0.1, 0.15) is 50.5 Å². The van der Waals surface area contributed by atoms with E-state index in [0.29, 0.717) is 60.7 Å². The molecule has 2 atom stereocenters. The minimum Gasteiger partial charge on any atom is -0.483 e. The van der Waals surface area contributed by atoms with Gasteiger partial charge >= 0.3 is 6.01 Å². The summed E-state index contributed by atoms with van der Waals surface area (Å²) in [5.74, 6) is -2.01. The first-order chi connectivity index (χ1) is 25.8. The van der Waals surface area contributed by atoms with Crippen LogP contribution in [0, 0.1) is 10.8 Å². The van der Waals surface area contributed by atoms with Gasteiger partial charge in [0.2, 0.25) is 0 Å². The highest BCUT2D eigenvalue weighted by Gasteiger charge is 2.73. The Hall–Kier alpha value is -3.83. The molecule has 1 aromatic carbocycles. The number of ether oxygens (including phenoxy) is 2. The topological polar surface area (TPSA) is 150 Å². The molecule has 10 rings (SSSR count). The molecule has 3 aliphatic carbocycles. The number of likely N-dealkylation sites (tertiary alicyclic amines) is 1. The van der Waals surface area contributed by atoms with Crippen molar-refractivity contribution in [3.63, 3.8) is 0 Å². The van der Waals surface area contributed by atoms with Crippen LogP contribution >= 0.6 is 22.9 Å². The van der Waals surface area contributed by atoms with Crippen molar-refractivity contribution in [1.82, 2.24) is 30.0 Å². The summed E-state index contributed by atoms with van der Waals surface area (Å²) in [6, 6.07) is 3.87. The first kappa shape index (κ1) is 35.8. The molecule has 54 heavy (non-hydrogen) atoms. The molecule has 3 saturated carbocycles. The van der Waals surface area contributed by atoms with Crippen molar-refractivity contribution in [3.8, 4) is 17.3 Å². The number of benzene rings is 1. The number of aromatic amines is 1. The molecular weight excluding hydrogens is 747 g/mol. The summed E-state index contributed by atoms with van der Waals surface area (Å²) in [5, 5.41) is 28.7. The van der Waals surface area contributed by atoms with Crippen molar-refractivity contribution in [2.75, 3.05) is 57.4 Å². The number of aliphatic hydroxyl groups is 1. The van der Waals surface area contributed by atoms with Crippen LogP contribution in [-0.4, -0.2) is 117 Å². The van der Waals surface area contributed by atoms with Gasteiger partial charge in [0.1, 0.15) is 29.0 Å². The lowest BCUT2D eigenvalue weighted by Gasteiger charge is -2.57. The van der Waals surface area contributed by atoms with E-state index in [1.165, 1.54) is 11.3 Å². The van der Waals surface area contributed by atoms with Gasteiger partial charge in [-0.25, -0.2) is 13.2 Å². The highest BCUT2D eigenvalue weighted by Crippen LogP contribution is 2.62. The van der Waals surface area contributed by atoms with Gasteiger partial charge in [0, 0.05) is 65.6 Å². The minimum atomic E-state index is -2.88. The number of β-amino-alcohol motifs (C(OH)–C–C–N with tert-alkyl or cyclic N) is 1. The molecule has 2 aliphatic heterocycles. The van der Waals surface area contributed by atoms with Gasteiger partial charge in [0.25, 0.3) is 12.4 Å². The fourth-order valence-corrected chi connectivity index (χ4v) is 10.4. The number of nitrogens with zero attached hydrogens (tertiary/aromatic N) is 6. The first-order valence-electron chi connectivity index (χ1n) is 18.1. The highest BCUT2D eigenvalue weighted by atomic mass is 35.5. The van der Waals surface area contributed by atoms with Crippen LogP contribution in [0.4, 0.5) is 19.0 Å². The van der Waals surface area contributed by atoms with Crippen LogP contribution in [0.2, 0.25) is 5.02 Å². The van der Waals surface area contributed by atoms with Gasteiger partial charge < -0.3 is 29.5 Å². The average Bonchev–Trinajstić information content (AvgIpc) is 3.92. The Labute approximate surface area is 316 Å². The Bertz CT molecular complexity index is 2270. The van der Waals surface area contributed by atoms with E-state index in [0.717, 1.165) is 56.0 Å². The molecule has 0 amide bonds. The van der Waals surface area contributed by atoms with Gasteiger partial charge in [0.05, 0.1) is 52.7 Å². The molecule has 286 valence electrons. The summed E-state index contributed by atoms with van der Waals surface area (Å²) in [6.07, 6.45) is 5.67. The number of fused-ring (bicyclic) bond motifs is 4. The lowest BCUT2D eigenvalue weighted by Crippen LogP contribution is -2.64. The number of halogens is 4. The molecule has 0 unspecified atom stereocenters. The van der Waals surface area contributed by atoms with Gasteiger partial charge in [-0.15, -0.1) is 11.3 Å². The first-order valence-corrected chi connectivity index (χ1v) is 19.3. The molecule has 5 fully saturated rings. The van der Waals surface area contributed by atoms with Gasteiger partial charge in [-0.05, 0) is 56.2 Å². The Kier molecular flexibility index (Phi) is 8.54. The van der Waals surface area contributed by atoms with E-state index in [2.05, 4.69) is 10.2 Å². The number of alkyl halides is 3. The van der Waals surface area contributed by atoms with Crippen LogP contribution in [-0.2, 0) is 9.53 Å². The molecule has 12 nitrogen and oxygen atoms in total. The number of carbonyl (C=O) groups is 1. The Morgan fingerprint density at radius 2 is 1.96 bits per heavy atom. The smallest absolute Gasteiger partial charge is 0.319 e. The van der Waals surface area contributed by atoms with Gasteiger partial charge in [-0.2, -0.15) is 15.1 Å². The van der Waals surface area contributed by atoms with Crippen molar-refractivity contribution in [2.24, 2.45) is 10.8 Å². The molecule has 5 aliphatic rings. The normalized spacial score (nSPS) is 26.3. The van der Waals surface area contributed by atoms with Gasteiger partial charge in [-0.3, -0.25) is 14.9 Å². The SMILES string of the molecule is C[C@@]1(O)COCCN(c2nc(OC[C@]3(CN4CC5(CC(F)C5)C4)CC3(F)F)nc3sc4c(-c5c(C6CC6)c(Cl)cc6[nH]ncc56)nccc4c23)C1.O=CO. The molecule has 2 saturated heterocycles. The zero-order valence-electron chi connectivity index (χ0n) is 29.5. The third kappa shape index (κ3) is 6.14. The van der Waals surface area contributed by atoms with E-state index < -0.39 is 23.1 Å². The molecule has 0 radical (unpaired) electrons. The molecule has 6 heterocycles. The molecule has 17 heteroatoms. The number of carboxylic acid groups (broad SMARTS) is 1. The number of hydrogen-bond donors (Lipinski definition) is 3. The number of pyridine rings is 1. The Morgan fingerprint density at radius 1 is 1.20 bits per heavy atom. The molecular formula is C37H39ClF3N7O5S. The number of anilines is 1. The quantitative estimate of drug-likeness (QED) is 0.149. The van der Waals surface area contributed by atoms with E-state index in [4.69, 9.17) is 45.9 Å². The van der Waals surface area contributed by atoms with Crippen molar-refractivity contribution in [3.05, 3.63) is 35.1 Å². The third-order valence-electron chi connectivity index (χ3n) is 11.6. The average molecular weight is 786 g/mol. The number of H-pyrrole nitrogens is 1. The minimum absolute atomic E-state index is 0.00319. The lowest BCUT2D eigenvalue weighted by molar-refractivity contribution is -0.122. The van der Waals surface area contributed by atoms with E-state index in [-0.39, 0.29) is 50.6 Å². The summed E-state index contributed by atoms with van der Waals surface area (Å²) < 4.78 is 56.5. The fraction of sp³-hybridized carbons (Fsp3) is 0.541. The summed E-state index contributed by atoms with van der Waals surface area (Å²) in [6.45, 7) is 3.93. The number of rotatable bonds is 8. The second-order valence-electron chi connectivity index (χ2n) is 16.1. The maximum Gasteiger partial charge on any atom is 0.319 e. The fourth-order valence-electron chi connectivity index (χ4n) is 8.86. The lowest BCUT2D eigenvalue weighted by atomic mass is 9.62. The Morgan fingerprint density at radius 3 is 2.67 bits per heavy atom. The van der Waals surface area contributed by atoms with Crippen LogP contribution < -0.4 is 9.64 Å². The van der Waals surface area contributed by atoms with Crippen molar-refractivity contribution < 1.29 is 37.7 Å². The summed E-state index contributed by atoms with van der Waals surface area (Å²) in [4.78, 5) is 27.6. The number of aromatic nitrogens is 5. The van der Waals surface area contributed by atoms with E-state index >= 15 is 8.78 Å². The van der Waals surface area contributed by atoms with E-state index in [1.54, 1.807) is 13.1 Å². The third-order valence-corrected chi connectivity index (χ3v) is 13.0. The van der Waals surface area contributed by atoms with Crippen LogP contribution in [0.3, 0.4) is 0 Å². The maximum atomic E-state index is 15.1. The second-order valence-corrected chi connectivity index (χ2v) is 17.5. The molecule has 0 bridgehead atoms. The van der Waals surface area contributed by atoms with Crippen molar-refractivity contribution in [2.45, 2.75) is 62.6 Å². The highest BCUT2D eigenvalue weighted by molar-refractivity contribution is 7.26. The predicted octanol–water partition coefficient (Wildman–Crippen LogP) is 6.44. The van der Waals surface area contributed by atoms with Crippen LogP contribution in [0.15, 0.2) is 24.5 Å². The van der Waals surface area contributed by atoms with Gasteiger partial charge in [0.15, 0.2) is 0 Å².